The van der Waals surface area contributed by atoms with Crippen LogP contribution in [0.3, 0.4) is 0 Å². The normalized spacial score (nSPS) is 20.2. The molecule has 0 radical (unpaired) electrons. The standard InChI is InChI=1S/C17H27FN2O/c1-4-8-20(17(3,5-2)12-19)11-15-10-13-9-14(18)6-7-16(13)21-15/h6-7,9,15H,4-5,8,10-12,19H2,1-3H3. The minimum Gasteiger partial charge on any atom is -0.488 e. The van der Waals surface area contributed by atoms with Crippen LogP contribution >= 0.6 is 0 Å². The average molecular weight is 294 g/mol. The Morgan fingerprint density at radius 3 is 2.81 bits per heavy atom. The van der Waals surface area contributed by atoms with Crippen LogP contribution in [-0.4, -0.2) is 36.2 Å². The first-order valence-corrected chi connectivity index (χ1v) is 7.92. The van der Waals surface area contributed by atoms with Crippen molar-refractivity contribution in [3.8, 4) is 5.75 Å². The molecule has 21 heavy (non-hydrogen) atoms. The summed E-state index contributed by atoms with van der Waals surface area (Å²) in [6, 6.07) is 4.78. The molecule has 1 aromatic rings. The summed E-state index contributed by atoms with van der Waals surface area (Å²) in [7, 11) is 0. The maximum Gasteiger partial charge on any atom is 0.123 e. The average Bonchev–Trinajstić information content (AvgIpc) is 2.87. The van der Waals surface area contributed by atoms with Crippen molar-refractivity contribution in [1.29, 1.82) is 0 Å². The molecule has 1 aromatic carbocycles. The summed E-state index contributed by atoms with van der Waals surface area (Å²) >= 11 is 0. The van der Waals surface area contributed by atoms with Crippen LogP contribution in [0.5, 0.6) is 5.75 Å². The van der Waals surface area contributed by atoms with Crippen LogP contribution in [0.2, 0.25) is 0 Å². The number of fused-ring (bicyclic) bond motifs is 1. The topological polar surface area (TPSA) is 38.5 Å². The van der Waals surface area contributed by atoms with Crippen LogP contribution in [0, 0.1) is 5.82 Å². The lowest BCUT2D eigenvalue weighted by atomic mass is 9.95. The maximum absolute atomic E-state index is 13.3. The SMILES string of the molecule is CCCN(CC1Cc2cc(F)ccc2O1)C(C)(CC)CN. The van der Waals surface area contributed by atoms with Crippen LogP contribution in [0.1, 0.15) is 39.2 Å². The maximum atomic E-state index is 13.3. The molecule has 0 fully saturated rings. The van der Waals surface area contributed by atoms with Gasteiger partial charge in [-0.2, -0.15) is 0 Å². The van der Waals surface area contributed by atoms with Crippen molar-refractivity contribution >= 4 is 0 Å². The summed E-state index contributed by atoms with van der Waals surface area (Å²) in [6.45, 7) is 9.05. The molecule has 4 heteroatoms. The Hall–Kier alpha value is -1.13. The molecule has 2 unspecified atom stereocenters. The van der Waals surface area contributed by atoms with Gasteiger partial charge in [-0.05, 0) is 44.5 Å². The summed E-state index contributed by atoms with van der Waals surface area (Å²) in [5.74, 6) is 0.632. The highest BCUT2D eigenvalue weighted by Crippen LogP contribution is 2.31. The molecule has 0 aromatic heterocycles. The third-order valence-corrected chi connectivity index (χ3v) is 4.65. The van der Waals surface area contributed by atoms with E-state index in [1.165, 1.54) is 6.07 Å². The summed E-state index contributed by atoms with van der Waals surface area (Å²) in [6.07, 6.45) is 2.96. The summed E-state index contributed by atoms with van der Waals surface area (Å²) < 4.78 is 19.3. The van der Waals surface area contributed by atoms with Gasteiger partial charge in [0, 0.05) is 30.6 Å². The third-order valence-electron chi connectivity index (χ3n) is 4.65. The molecular formula is C17H27FN2O. The van der Waals surface area contributed by atoms with Gasteiger partial charge in [-0.25, -0.2) is 4.39 Å². The minimum absolute atomic E-state index is 0.000601. The van der Waals surface area contributed by atoms with Gasteiger partial charge in [-0.15, -0.1) is 0 Å². The zero-order valence-electron chi connectivity index (χ0n) is 13.4. The van der Waals surface area contributed by atoms with Gasteiger partial charge in [0.15, 0.2) is 0 Å². The van der Waals surface area contributed by atoms with Gasteiger partial charge in [0.2, 0.25) is 0 Å². The largest absolute Gasteiger partial charge is 0.488 e. The highest BCUT2D eigenvalue weighted by atomic mass is 19.1. The lowest BCUT2D eigenvalue weighted by Crippen LogP contribution is -2.54. The van der Waals surface area contributed by atoms with Gasteiger partial charge in [-0.1, -0.05) is 13.8 Å². The Morgan fingerprint density at radius 2 is 2.19 bits per heavy atom. The number of nitrogens with zero attached hydrogens (tertiary/aromatic N) is 1. The van der Waals surface area contributed by atoms with Crippen molar-refractivity contribution in [2.45, 2.75) is 51.7 Å². The van der Waals surface area contributed by atoms with E-state index in [0.29, 0.717) is 6.54 Å². The van der Waals surface area contributed by atoms with Crippen LogP contribution < -0.4 is 10.5 Å². The van der Waals surface area contributed by atoms with Gasteiger partial charge in [-0.3, -0.25) is 4.90 Å². The summed E-state index contributed by atoms with van der Waals surface area (Å²) in [4.78, 5) is 2.43. The molecule has 2 atom stereocenters. The Kier molecular flexibility index (Phi) is 5.22. The molecule has 0 saturated carbocycles. The van der Waals surface area contributed by atoms with Gasteiger partial charge in [0.25, 0.3) is 0 Å². The van der Waals surface area contributed by atoms with Crippen molar-refractivity contribution in [2.75, 3.05) is 19.6 Å². The monoisotopic (exact) mass is 294 g/mol. The molecule has 2 rings (SSSR count). The van der Waals surface area contributed by atoms with E-state index in [4.69, 9.17) is 10.5 Å². The number of hydrogen-bond acceptors (Lipinski definition) is 3. The first kappa shape index (κ1) is 16.2. The van der Waals surface area contributed by atoms with E-state index in [1.54, 1.807) is 12.1 Å². The molecule has 118 valence electrons. The summed E-state index contributed by atoms with van der Waals surface area (Å²) in [5, 5.41) is 0. The van der Waals surface area contributed by atoms with Crippen molar-refractivity contribution in [3.05, 3.63) is 29.6 Å². The molecule has 0 aliphatic carbocycles. The fraction of sp³-hybridized carbons (Fsp3) is 0.647. The van der Waals surface area contributed by atoms with Crippen molar-refractivity contribution < 1.29 is 9.13 Å². The smallest absolute Gasteiger partial charge is 0.123 e. The van der Waals surface area contributed by atoms with Gasteiger partial charge in [0.05, 0.1) is 0 Å². The van der Waals surface area contributed by atoms with Crippen LogP contribution in [0.4, 0.5) is 4.39 Å². The zero-order chi connectivity index (χ0) is 15.5. The second-order valence-electron chi connectivity index (χ2n) is 6.20. The quantitative estimate of drug-likeness (QED) is 0.840. The molecule has 2 N–H and O–H groups in total. The van der Waals surface area contributed by atoms with Crippen LogP contribution in [0.15, 0.2) is 18.2 Å². The zero-order valence-corrected chi connectivity index (χ0v) is 13.4. The molecule has 3 nitrogen and oxygen atoms in total. The first-order chi connectivity index (χ1) is 10.0. The second-order valence-corrected chi connectivity index (χ2v) is 6.20. The van der Waals surface area contributed by atoms with E-state index in [-0.39, 0.29) is 17.5 Å². The van der Waals surface area contributed by atoms with Crippen LogP contribution in [-0.2, 0) is 6.42 Å². The van der Waals surface area contributed by atoms with E-state index in [1.807, 2.05) is 0 Å². The van der Waals surface area contributed by atoms with Gasteiger partial charge >= 0.3 is 0 Å². The second kappa shape index (κ2) is 6.75. The van der Waals surface area contributed by atoms with E-state index >= 15 is 0 Å². The summed E-state index contributed by atoms with van der Waals surface area (Å²) in [5.41, 5.74) is 6.97. The first-order valence-electron chi connectivity index (χ1n) is 7.92. The number of ether oxygens (including phenoxy) is 1. The minimum atomic E-state index is -0.191. The molecular weight excluding hydrogens is 267 g/mol. The van der Waals surface area contributed by atoms with Gasteiger partial charge < -0.3 is 10.5 Å². The third kappa shape index (κ3) is 3.55. The fourth-order valence-corrected chi connectivity index (χ4v) is 2.99. The number of nitrogens with two attached hydrogens (primary N) is 1. The lowest BCUT2D eigenvalue weighted by Gasteiger charge is -2.41. The molecule has 0 spiro atoms. The predicted octanol–water partition coefficient (Wildman–Crippen LogP) is 2.97. The molecule has 1 aliphatic heterocycles. The molecule has 1 heterocycles. The lowest BCUT2D eigenvalue weighted by molar-refractivity contribution is 0.0608. The van der Waals surface area contributed by atoms with E-state index in [9.17, 15) is 4.39 Å². The Bertz CT molecular complexity index is 474. The number of hydrogen-bond donors (Lipinski definition) is 1. The Morgan fingerprint density at radius 1 is 1.43 bits per heavy atom. The van der Waals surface area contributed by atoms with E-state index < -0.39 is 0 Å². The van der Waals surface area contributed by atoms with Crippen molar-refractivity contribution in [1.82, 2.24) is 4.90 Å². The predicted molar refractivity (Wildman–Crippen MR) is 84.1 cm³/mol. The van der Waals surface area contributed by atoms with Crippen molar-refractivity contribution in [3.63, 3.8) is 0 Å². The van der Waals surface area contributed by atoms with Gasteiger partial charge in [0.1, 0.15) is 17.7 Å². The molecule has 0 amide bonds. The van der Waals surface area contributed by atoms with E-state index in [0.717, 1.165) is 43.7 Å². The highest BCUT2D eigenvalue weighted by molar-refractivity contribution is 5.38. The Labute approximate surface area is 127 Å². The Balaban J connectivity index is 2.06. The molecule has 0 saturated heterocycles. The highest BCUT2D eigenvalue weighted by Gasteiger charge is 2.32. The fourth-order valence-electron chi connectivity index (χ4n) is 2.99. The number of rotatable bonds is 7. The van der Waals surface area contributed by atoms with Crippen LogP contribution in [0.25, 0.3) is 0 Å². The number of halogens is 1. The molecule has 1 aliphatic rings. The van der Waals surface area contributed by atoms with Crippen molar-refractivity contribution in [2.24, 2.45) is 5.73 Å². The number of benzene rings is 1. The molecule has 0 bridgehead atoms. The van der Waals surface area contributed by atoms with E-state index in [2.05, 4.69) is 25.7 Å².